The number of aromatic nitrogens is 2. The molecular formula is C51H41N3O2. The Morgan fingerprint density at radius 3 is 1.88 bits per heavy atom. The number of para-hydroxylation sites is 3. The molecule has 0 radical (unpaired) electrons. The maximum atomic E-state index is 11.2. The van der Waals surface area contributed by atoms with Gasteiger partial charge in [-0.2, -0.15) is 0 Å². The standard InChI is InChI=1S/C51H41N3O2/c1-33-27-35(42-21-14-22-43-41(25-26-52-48(42)43)34-15-8-5-9-16-34)29-36(28-33)44-31-40(54(38-17-10-6-11-18-38)39-19-12-7-13-20-39)32-47-49(44)53-50(56-47)45-30-37(51(2,3)4)23-24-46(45)55/h5-32,55H,1-4H3. The fourth-order valence-electron chi connectivity index (χ4n) is 7.63. The van der Waals surface area contributed by atoms with Crippen LogP contribution in [-0.2, 0) is 5.41 Å². The lowest BCUT2D eigenvalue weighted by Crippen LogP contribution is -2.10. The zero-order valence-electron chi connectivity index (χ0n) is 31.9. The van der Waals surface area contributed by atoms with Crippen LogP contribution in [0.25, 0.3) is 66.8 Å². The Labute approximate surface area is 327 Å². The van der Waals surface area contributed by atoms with Gasteiger partial charge in [-0.05, 0) is 100 Å². The van der Waals surface area contributed by atoms with E-state index in [9.17, 15) is 5.11 Å². The monoisotopic (exact) mass is 727 g/mol. The molecule has 0 bridgehead atoms. The van der Waals surface area contributed by atoms with Gasteiger partial charge in [-0.15, -0.1) is 0 Å². The van der Waals surface area contributed by atoms with Gasteiger partial charge in [0.05, 0.1) is 16.8 Å². The molecule has 272 valence electrons. The van der Waals surface area contributed by atoms with Crippen LogP contribution < -0.4 is 4.90 Å². The molecule has 0 aliphatic carbocycles. The van der Waals surface area contributed by atoms with Crippen molar-refractivity contribution in [2.24, 2.45) is 0 Å². The summed E-state index contributed by atoms with van der Waals surface area (Å²) in [6.45, 7) is 8.60. The summed E-state index contributed by atoms with van der Waals surface area (Å²) in [5.74, 6) is 0.491. The average Bonchev–Trinajstić information content (AvgIpc) is 3.65. The van der Waals surface area contributed by atoms with Gasteiger partial charge < -0.3 is 14.4 Å². The number of aromatic hydroxyl groups is 1. The molecule has 0 fully saturated rings. The van der Waals surface area contributed by atoms with Gasteiger partial charge in [0.15, 0.2) is 5.58 Å². The van der Waals surface area contributed by atoms with E-state index in [4.69, 9.17) is 14.4 Å². The zero-order valence-corrected chi connectivity index (χ0v) is 31.9. The van der Waals surface area contributed by atoms with Crippen molar-refractivity contribution in [3.8, 4) is 50.6 Å². The van der Waals surface area contributed by atoms with Gasteiger partial charge in [0.1, 0.15) is 11.3 Å². The highest BCUT2D eigenvalue weighted by Crippen LogP contribution is 2.44. The minimum Gasteiger partial charge on any atom is -0.507 e. The summed E-state index contributed by atoms with van der Waals surface area (Å²) in [7, 11) is 0. The second-order valence-electron chi connectivity index (χ2n) is 15.4. The summed E-state index contributed by atoms with van der Waals surface area (Å²) in [6.07, 6.45) is 1.90. The van der Waals surface area contributed by atoms with Crippen LogP contribution >= 0.6 is 0 Å². The number of phenols is 1. The first-order valence-corrected chi connectivity index (χ1v) is 19.0. The number of rotatable bonds is 7. The summed E-state index contributed by atoms with van der Waals surface area (Å²) in [6, 6.07) is 56.3. The number of fused-ring (bicyclic) bond motifs is 2. The van der Waals surface area contributed by atoms with Crippen LogP contribution in [0.4, 0.5) is 17.1 Å². The molecule has 2 aromatic heterocycles. The third kappa shape index (κ3) is 6.47. The number of nitrogens with zero attached hydrogens (tertiary/aromatic N) is 3. The maximum Gasteiger partial charge on any atom is 0.231 e. The molecule has 56 heavy (non-hydrogen) atoms. The summed E-state index contributed by atoms with van der Waals surface area (Å²) in [5, 5.41) is 12.3. The number of oxazole rings is 1. The molecule has 0 amide bonds. The van der Waals surface area contributed by atoms with Crippen molar-refractivity contribution in [2.75, 3.05) is 4.90 Å². The minimum atomic E-state index is -0.130. The van der Waals surface area contributed by atoms with E-state index in [1.807, 2.05) is 36.5 Å². The van der Waals surface area contributed by atoms with E-state index < -0.39 is 0 Å². The predicted molar refractivity (Wildman–Crippen MR) is 231 cm³/mol. The Morgan fingerprint density at radius 2 is 1.20 bits per heavy atom. The molecule has 2 heterocycles. The van der Waals surface area contributed by atoms with E-state index in [-0.39, 0.29) is 11.2 Å². The van der Waals surface area contributed by atoms with Crippen molar-refractivity contribution in [2.45, 2.75) is 33.1 Å². The lowest BCUT2D eigenvalue weighted by atomic mass is 9.86. The summed E-state index contributed by atoms with van der Waals surface area (Å²) in [4.78, 5) is 12.3. The number of aryl methyl sites for hydroxylation is 1. The highest BCUT2D eigenvalue weighted by molar-refractivity contribution is 6.03. The molecule has 0 saturated carbocycles. The third-order valence-corrected chi connectivity index (χ3v) is 10.4. The number of hydrogen-bond acceptors (Lipinski definition) is 5. The number of hydrogen-bond donors (Lipinski definition) is 1. The third-order valence-electron chi connectivity index (χ3n) is 10.4. The van der Waals surface area contributed by atoms with Crippen LogP contribution in [-0.4, -0.2) is 15.1 Å². The second kappa shape index (κ2) is 14.0. The Morgan fingerprint density at radius 1 is 0.536 bits per heavy atom. The first-order valence-electron chi connectivity index (χ1n) is 19.0. The molecule has 0 atom stereocenters. The van der Waals surface area contributed by atoms with Gasteiger partial charge in [0, 0.05) is 40.2 Å². The fraction of sp³-hybridized carbons (Fsp3) is 0.0980. The molecule has 0 saturated heterocycles. The van der Waals surface area contributed by atoms with Crippen LogP contribution in [0.2, 0.25) is 0 Å². The summed E-state index contributed by atoms with van der Waals surface area (Å²) >= 11 is 0. The number of anilines is 3. The first-order chi connectivity index (χ1) is 27.2. The smallest absolute Gasteiger partial charge is 0.231 e. The maximum absolute atomic E-state index is 11.2. The van der Waals surface area contributed by atoms with E-state index >= 15 is 0 Å². The Hall–Kier alpha value is -6.98. The molecule has 7 aromatic carbocycles. The highest BCUT2D eigenvalue weighted by Gasteiger charge is 2.23. The molecule has 1 N–H and O–H groups in total. The van der Waals surface area contributed by atoms with Gasteiger partial charge in [0.25, 0.3) is 0 Å². The topological polar surface area (TPSA) is 62.4 Å². The van der Waals surface area contributed by atoms with Crippen LogP contribution in [0, 0.1) is 6.92 Å². The van der Waals surface area contributed by atoms with Crippen LogP contribution in [0.1, 0.15) is 31.9 Å². The van der Waals surface area contributed by atoms with E-state index in [1.54, 1.807) is 6.07 Å². The van der Waals surface area contributed by atoms with E-state index in [2.05, 4.69) is 160 Å². The molecule has 0 unspecified atom stereocenters. The molecule has 5 nitrogen and oxygen atoms in total. The van der Waals surface area contributed by atoms with E-state index in [0.29, 0.717) is 22.6 Å². The van der Waals surface area contributed by atoms with Crippen molar-refractivity contribution >= 4 is 39.1 Å². The van der Waals surface area contributed by atoms with Crippen molar-refractivity contribution < 1.29 is 9.52 Å². The predicted octanol–water partition coefficient (Wildman–Crippen LogP) is 13.8. The Balaban J connectivity index is 1.28. The largest absolute Gasteiger partial charge is 0.507 e. The Kier molecular flexibility index (Phi) is 8.70. The van der Waals surface area contributed by atoms with Crippen molar-refractivity contribution in [3.63, 3.8) is 0 Å². The molecule has 5 heteroatoms. The molecule has 0 spiro atoms. The van der Waals surface area contributed by atoms with Gasteiger partial charge in [0.2, 0.25) is 5.89 Å². The molecule has 9 aromatic rings. The van der Waals surface area contributed by atoms with Crippen molar-refractivity contribution in [3.05, 3.63) is 181 Å². The molecule has 0 aliphatic heterocycles. The molecule has 0 aliphatic rings. The van der Waals surface area contributed by atoms with Crippen molar-refractivity contribution in [1.82, 2.24) is 9.97 Å². The highest BCUT2D eigenvalue weighted by atomic mass is 16.3. The van der Waals surface area contributed by atoms with Crippen LogP contribution in [0.15, 0.2) is 174 Å². The van der Waals surface area contributed by atoms with E-state index in [1.165, 1.54) is 0 Å². The van der Waals surface area contributed by atoms with Crippen LogP contribution in [0.5, 0.6) is 5.75 Å². The summed E-state index contributed by atoms with van der Waals surface area (Å²) < 4.78 is 6.68. The fourth-order valence-corrected chi connectivity index (χ4v) is 7.63. The SMILES string of the molecule is Cc1cc(-c2cc(N(c3ccccc3)c3ccccc3)cc3oc(-c4cc(C(C)(C)C)ccc4O)nc23)cc(-c2cccc3c(-c4ccccc4)ccnc23)c1. The molecule has 9 rings (SSSR count). The van der Waals surface area contributed by atoms with Gasteiger partial charge in [-0.3, -0.25) is 4.98 Å². The quantitative estimate of drug-likeness (QED) is 0.177. The van der Waals surface area contributed by atoms with Crippen molar-refractivity contribution in [1.29, 1.82) is 0 Å². The summed E-state index contributed by atoms with van der Waals surface area (Å²) in [5.41, 5.74) is 14.2. The average molecular weight is 728 g/mol. The number of phenolic OH excluding ortho intramolecular Hbond substituents is 1. The normalized spacial score (nSPS) is 11.6. The number of pyridine rings is 1. The van der Waals surface area contributed by atoms with E-state index in [0.717, 1.165) is 72.5 Å². The van der Waals surface area contributed by atoms with Gasteiger partial charge >= 0.3 is 0 Å². The number of benzene rings is 7. The Bertz CT molecular complexity index is 2820. The zero-order chi connectivity index (χ0) is 38.4. The minimum absolute atomic E-state index is 0.123. The lowest BCUT2D eigenvalue weighted by Gasteiger charge is -2.26. The van der Waals surface area contributed by atoms with Gasteiger partial charge in [-0.25, -0.2) is 4.98 Å². The second-order valence-corrected chi connectivity index (χ2v) is 15.4. The van der Waals surface area contributed by atoms with Gasteiger partial charge in [-0.1, -0.05) is 124 Å². The molecular weight excluding hydrogens is 687 g/mol. The first kappa shape index (κ1) is 34.8. The van der Waals surface area contributed by atoms with Crippen LogP contribution in [0.3, 0.4) is 0 Å². The lowest BCUT2D eigenvalue weighted by molar-refractivity contribution is 0.473.